The number of carbonyl (C=O) groups excluding carboxylic acids is 1. The number of hydrogen-bond acceptors (Lipinski definition) is 7. The van der Waals surface area contributed by atoms with Crippen LogP contribution in [0.25, 0.3) is 10.2 Å². The molecule has 1 saturated heterocycles. The molecule has 4 rings (SSSR count). The van der Waals surface area contributed by atoms with Crippen molar-refractivity contribution in [3.63, 3.8) is 0 Å². The lowest BCUT2D eigenvalue weighted by Crippen LogP contribution is -2.38. The maximum absolute atomic E-state index is 13.4. The van der Waals surface area contributed by atoms with Crippen LogP contribution in [0, 0.1) is 12.8 Å². The molecule has 0 bridgehead atoms. The minimum absolute atomic E-state index is 0.0228. The molecule has 0 saturated carbocycles. The van der Waals surface area contributed by atoms with Gasteiger partial charge in [-0.05, 0) is 37.3 Å². The first-order valence-corrected chi connectivity index (χ1v) is 12.7. The Bertz CT molecular complexity index is 1290. The maximum atomic E-state index is 13.4. The highest BCUT2D eigenvalue weighted by atomic mass is 32.2. The van der Waals surface area contributed by atoms with E-state index in [0.717, 1.165) is 23.0 Å². The third kappa shape index (κ3) is 4.45. The van der Waals surface area contributed by atoms with E-state index in [1.807, 2.05) is 6.07 Å². The van der Waals surface area contributed by atoms with Crippen LogP contribution in [0.4, 0.5) is 0 Å². The summed E-state index contributed by atoms with van der Waals surface area (Å²) in [6.45, 7) is 4.70. The van der Waals surface area contributed by atoms with Crippen LogP contribution in [0.5, 0.6) is 0 Å². The van der Waals surface area contributed by atoms with Crippen molar-refractivity contribution in [3.8, 4) is 0 Å². The molecule has 0 spiro atoms. The molecule has 1 fully saturated rings. The van der Waals surface area contributed by atoms with Crippen molar-refractivity contribution >= 4 is 37.5 Å². The molecule has 0 aromatic carbocycles. The second-order valence-electron chi connectivity index (χ2n) is 8.07. The Morgan fingerprint density at radius 1 is 1.31 bits per heavy atom. The third-order valence-corrected chi connectivity index (χ3v) is 8.88. The minimum Gasteiger partial charge on any atom is -0.350 e. The molecule has 11 heteroatoms. The standard InChI is InChI=1S/C21H25N5O4S2/c1-14-5-8-26(9-6-14)32(29,30)19-15(2)31-20-18(19)21(28)25(13-24-20)12-17(27)23-11-16-4-3-7-22-10-16/h3-4,7,10,13-14H,5-6,8-9,11-12H2,1-2H3,(H,23,27). The molecule has 3 aromatic rings. The van der Waals surface area contributed by atoms with Crippen LogP contribution in [-0.4, -0.2) is 46.3 Å². The number of sulfonamides is 1. The number of fused-ring (bicyclic) bond motifs is 1. The number of amides is 1. The quantitative estimate of drug-likeness (QED) is 0.582. The van der Waals surface area contributed by atoms with Crippen LogP contribution in [0.15, 0.2) is 40.5 Å². The van der Waals surface area contributed by atoms with Crippen molar-refractivity contribution in [2.75, 3.05) is 13.1 Å². The van der Waals surface area contributed by atoms with Gasteiger partial charge in [-0.2, -0.15) is 4.31 Å². The number of carbonyl (C=O) groups is 1. The first kappa shape index (κ1) is 22.6. The fraction of sp³-hybridized carbons (Fsp3) is 0.429. The average Bonchev–Trinajstić information content (AvgIpc) is 3.13. The van der Waals surface area contributed by atoms with E-state index < -0.39 is 15.6 Å². The molecule has 0 atom stereocenters. The van der Waals surface area contributed by atoms with Gasteiger partial charge in [0.1, 0.15) is 16.3 Å². The summed E-state index contributed by atoms with van der Waals surface area (Å²) in [6, 6.07) is 3.60. The van der Waals surface area contributed by atoms with Crippen molar-refractivity contribution in [2.24, 2.45) is 5.92 Å². The van der Waals surface area contributed by atoms with Crippen LogP contribution < -0.4 is 10.9 Å². The molecule has 1 aliphatic rings. The molecule has 0 aliphatic carbocycles. The van der Waals surface area contributed by atoms with Crippen LogP contribution >= 0.6 is 11.3 Å². The van der Waals surface area contributed by atoms with E-state index in [1.54, 1.807) is 25.4 Å². The molecule has 1 amide bonds. The van der Waals surface area contributed by atoms with Crippen LogP contribution in [0.1, 0.15) is 30.2 Å². The van der Waals surface area contributed by atoms with Crippen molar-refractivity contribution < 1.29 is 13.2 Å². The number of aromatic nitrogens is 3. The van der Waals surface area contributed by atoms with Gasteiger partial charge in [0.05, 0.1) is 11.7 Å². The number of aryl methyl sites for hydroxylation is 1. The highest BCUT2D eigenvalue weighted by molar-refractivity contribution is 7.89. The summed E-state index contributed by atoms with van der Waals surface area (Å²) in [5, 5.41) is 2.80. The van der Waals surface area contributed by atoms with Crippen molar-refractivity contribution in [3.05, 3.63) is 51.6 Å². The largest absolute Gasteiger partial charge is 0.350 e. The van der Waals surface area contributed by atoms with Gasteiger partial charge in [-0.3, -0.25) is 19.1 Å². The predicted octanol–water partition coefficient (Wildman–Crippen LogP) is 1.90. The Hall–Kier alpha value is -2.63. The molecular weight excluding hydrogens is 450 g/mol. The van der Waals surface area contributed by atoms with Gasteiger partial charge in [0, 0.05) is 36.9 Å². The van der Waals surface area contributed by atoms with Gasteiger partial charge in [0.2, 0.25) is 15.9 Å². The number of piperidine rings is 1. The monoisotopic (exact) mass is 475 g/mol. The summed E-state index contributed by atoms with van der Waals surface area (Å²) in [5.41, 5.74) is 0.305. The molecule has 0 unspecified atom stereocenters. The Morgan fingerprint density at radius 2 is 2.06 bits per heavy atom. The zero-order valence-corrected chi connectivity index (χ0v) is 19.6. The smallest absolute Gasteiger partial charge is 0.263 e. The Morgan fingerprint density at radius 3 is 2.75 bits per heavy atom. The number of hydrogen-bond donors (Lipinski definition) is 1. The molecule has 4 heterocycles. The molecule has 9 nitrogen and oxygen atoms in total. The van der Waals surface area contributed by atoms with E-state index in [1.165, 1.54) is 22.0 Å². The number of thiophene rings is 1. The zero-order chi connectivity index (χ0) is 22.9. The van der Waals surface area contributed by atoms with E-state index >= 15 is 0 Å². The topological polar surface area (TPSA) is 114 Å². The van der Waals surface area contributed by atoms with E-state index in [9.17, 15) is 18.0 Å². The Balaban J connectivity index is 1.62. The fourth-order valence-corrected chi connectivity index (χ4v) is 6.94. The third-order valence-electron chi connectivity index (χ3n) is 5.67. The van der Waals surface area contributed by atoms with Gasteiger partial charge in [0.25, 0.3) is 5.56 Å². The van der Waals surface area contributed by atoms with Gasteiger partial charge in [-0.1, -0.05) is 13.0 Å². The first-order chi connectivity index (χ1) is 15.3. The number of nitrogens with one attached hydrogen (secondary N) is 1. The summed E-state index contributed by atoms with van der Waals surface area (Å²) >= 11 is 1.18. The van der Waals surface area contributed by atoms with E-state index in [0.29, 0.717) is 28.7 Å². The van der Waals surface area contributed by atoms with Gasteiger partial charge in [-0.15, -0.1) is 11.3 Å². The average molecular weight is 476 g/mol. The van der Waals surface area contributed by atoms with Gasteiger partial charge < -0.3 is 5.32 Å². The SMILES string of the molecule is Cc1sc2ncn(CC(=O)NCc3cccnc3)c(=O)c2c1S(=O)(=O)N1CCC(C)CC1. The number of pyridine rings is 1. The predicted molar refractivity (Wildman–Crippen MR) is 122 cm³/mol. The lowest BCUT2D eigenvalue weighted by Gasteiger charge is -2.29. The van der Waals surface area contributed by atoms with Gasteiger partial charge in [-0.25, -0.2) is 13.4 Å². The first-order valence-electron chi connectivity index (χ1n) is 10.4. The summed E-state index contributed by atoms with van der Waals surface area (Å²) in [7, 11) is -3.83. The highest BCUT2D eigenvalue weighted by Gasteiger charge is 2.33. The van der Waals surface area contributed by atoms with Crippen molar-refractivity contribution in [1.29, 1.82) is 0 Å². The second kappa shape index (κ2) is 9.08. The Labute approximate surface area is 190 Å². The lowest BCUT2D eigenvalue weighted by atomic mass is 10.0. The Kier molecular flexibility index (Phi) is 6.40. The fourth-order valence-electron chi connectivity index (χ4n) is 3.80. The summed E-state index contributed by atoms with van der Waals surface area (Å²) in [4.78, 5) is 34.8. The van der Waals surface area contributed by atoms with Crippen LogP contribution in [0.3, 0.4) is 0 Å². The molecule has 3 aromatic heterocycles. The zero-order valence-electron chi connectivity index (χ0n) is 17.9. The van der Waals surface area contributed by atoms with Gasteiger partial charge in [0.15, 0.2) is 0 Å². The summed E-state index contributed by atoms with van der Waals surface area (Å²) in [6.07, 6.45) is 6.17. The van der Waals surface area contributed by atoms with E-state index in [4.69, 9.17) is 0 Å². The molecule has 1 N–H and O–H groups in total. The molecule has 32 heavy (non-hydrogen) atoms. The van der Waals surface area contributed by atoms with E-state index in [-0.39, 0.29) is 29.3 Å². The second-order valence-corrected chi connectivity index (χ2v) is 11.1. The number of rotatable bonds is 6. The molecule has 1 aliphatic heterocycles. The van der Waals surface area contributed by atoms with Crippen LogP contribution in [0.2, 0.25) is 0 Å². The molecule has 170 valence electrons. The lowest BCUT2D eigenvalue weighted by molar-refractivity contribution is -0.121. The van der Waals surface area contributed by atoms with Gasteiger partial charge >= 0.3 is 0 Å². The highest BCUT2D eigenvalue weighted by Crippen LogP contribution is 2.34. The molecular formula is C21H25N5O4S2. The molecule has 0 radical (unpaired) electrons. The number of nitrogens with zero attached hydrogens (tertiary/aromatic N) is 4. The minimum atomic E-state index is -3.83. The van der Waals surface area contributed by atoms with Crippen molar-refractivity contribution in [1.82, 2.24) is 24.2 Å². The van der Waals surface area contributed by atoms with Crippen molar-refractivity contribution in [2.45, 2.75) is 44.7 Å². The summed E-state index contributed by atoms with van der Waals surface area (Å²) < 4.78 is 29.4. The summed E-state index contributed by atoms with van der Waals surface area (Å²) in [5.74, 6) is 0.101. The normalized spacial score (nSPS) is 15.8. The maximum Gasteiger partial charge on any atom is 0.263 e. The van der Waals surface area contributed by atoms with E-state index in [2.05, 4.69) is 22.2 Å². The van der Waals surface area contributed by atoms with Crippen LogP contribution in [-0.2, 0) is 27.9 Å².